The van der Waals surface area contributed by atoms with E-state index < -0.39 is 8.24 Å². The molecule has 3 heteroatoms. The Kier molecular flexibility index (Phi) is 4.61. The van der Waals surface area contributed by atoms with Gasteiger partial charge in [0.25, 0.3) is 0 Å². The SMILES string of the molecule is CCN(CC)CCN1CCC[Si]1(C)C. The average molecular weight is 214 g/mol. The van der Waals surface area contributed by atoms with Gasteiger partial charge in [-0.1, -0.05) is 26.9 Å². The van der Waals surface area contributed by atoms with Gasteiger partial charge in [0.1, 0.15) is 8.24 Å². The molecular formula is C11H26N2Si. The van der Waals surface area contributed by atoms with Crippen LogP contribution < -0.4 is 0 Å². The van der Waals surface area contributed by atoms with Crippen molar-refractivity contribution in [3.8, 4) is 0 Å². The van der Waals surface area contributed by atoms with Gasteiger partial charge in [-0.25, -0.2) is 0 Å². The van der Waals surface area contributed by atoms with Gasteiger partial charge in [0.15, 0.2) is 0 Å². The van der Waals surface area contributed by atoms with E-state index in [4.69, 9.17) is 0 Å². The van der Waals surface area contributed by atoms with Gasteiger partial charge in [-0.3, -0.25) is 0 Å². The van der Waals surface area contributed by atoms with Crippen molar-refractivity contribution in [3.05, 3.63) is 0 Å². The molecule has 0 atom stereocenters. The molecule has 0 spiro atoms. The van der Waals surface area contributed by atoms with E-state index in [9.17, 15) is 0 Å². The Morgan fingerprint density at radius 3 is 2.29 bits per heavy atom. The van der Waals surface area contributed by atoms with Crippen molar-refractivity contribution >= 4 is 8.24 Å². The summed E-state index contributed by atoms with van der Waals surface area (Å²) in [6, 6.07) is 1.51. The van der Waals surface area contributed by atoms with E-state index in [1.807, 2.05) is 0 Å². The van der Waals surface area contributed by atoms with Crippen LogP contribution in [0.15, 0.2) is 0 Å². The molecule has 1 heterocycles. The summed E-state index contributed by atoms with van der Waals surface area (Å²) in [6.45, 7) is 15.9. The molecule has 1 rings (SSSR count). The van der Waals surface area contributed by atoms with Gasteiger partial charge in [0, 0.05) is 13.1 Å². The summed E-state index contributed by atoms with van der Waals surface area (Å²) in [5, 5.41) is 0. The lowest BCUT2D eigenvalue weighted by molar-refractivity contribution is 0.274. The summed E-state index contributed by atoms with van der Waals surface area (Å²) in [5.74, 6) is 0. The van der Waals surface area contributed by atoms with E-state index >= 15 is 0 Å². The number of hydrogen-bond acceptors (Lipinski definition) is 2. The molecule has 0 amide bonds. The van der Waals surface area contributed by atoms with Crippen molar-refractivity contribution in [1.82, 2.24) is 9.47 Å². The van der Waals surface area contributed by atoms with E-state index in [0.717, 1.165) is 0 Å². The number of rotatable bonds is 5. The molecule has 1 aliphatic heterocycles. The van der Waals surface area contributed by atoms with Crippen LogP contribution >= 0.6 is 0 Å². The fourth-order valence-corrected chi connectivity index (χ4v) is 5.19. The third kappa shape index (κ3) is 3.07. The van der Waals surface area contributed by atoms with Crippen molar-refractivity contribution in [1.29, 1.82) is 0 Å². The Morgan fingerprint density at radius 2 is 1.86 bits per heavy atom. The van der Waals surface area contributed by atoms with Crippen molar-refractivity contribution in [2.45, 2.75) is 39.4 Å². The first-order valence-corrected chi connectivity index (χ1v) is 9.23. The summed E-state index contributed by atoms with van der Waals surface area (Å²) < 4.78 is 2.78. The first kappa shape index (κ1) is 12.2. The standard InChI is InChI=1S/C11H26N2Si/c1-5-12(6-2)9-10-13-8-7-11-14(13,3)4/h5-11H2,1-4H3. The predicted octanol–water partition coefficient (Wildman–Crippen LogP) is 2.24. The minimum absolute atomic E-state index is 0.955. The molecule has 1 saturated heterocycles. The van der Waals surface area contributed by atoms with Crippen molar-refractivity contribution < 1.29 is 0 Å². The van der Waals surface area contributed by atoms with E-state index in [-0.39, 0.29) is 0 Å². The topological polar surface area (TPSA) is 6.48 Å². The molecule has 0 aromatic heterocycles. The molecule has 0 bridgehead atoms. The van der Waals surface area contributed by atoms with Crippen molar-refractivity contribution in [2.24, 2.45) is 0 Å². The summed E-state index contributed by atoms with van der Waals surface area (Å²) in [5.41, 5.74) is 0. The molecule has 0 unspecified atom stereocenters. The molecule has 14 heavy (non-hydrogen) atoms. The summed E-state index contributed by atoms with van der Waals surface area (Å²) >= 11 is 0. The van der Waals surface area contributed by atoms with Gasteiger partial charge in [-0.2, -0.15) is 0 Å². The lowest BCUT2D eigenvalue weighted by Crippen LogP contribution is -2.46. The first-order chi connectivity index (χ1) is 6.60. The molecule has 0 aliphatic carbocycles. The monoisotopic (exact) mass is 214 g/mol. The van der Waals surface area contributed by atoms with Crippen LogP contribution in [0, 0.1) is 0 Å². The minimum Gasteiger partial charge on any atom is -0.322 e. The summed E-state index contributed by atoms with van der Waals surface area (Å²) in [4.78, 5) is 2.53. The molecule has 1 fully saturated rings. The van der Waals surface area contributed by atoms with Gasteiger partial charge >= 0.3 is 0 Å². The van der Waals surface area contributed by atoms with Gasteiger partial charge in [-0.05, 0) is 32.1 Å². The number of likely N-dealkylation sites (N-methyl/N-ethyl adjacent to an activating group) is 1. The van der Waals surface area contributed by atoms with E-state index in [0.29, 0.717) is 0 Å². The normalized spacial score (nSPS) is 22.1. The van der Waals surface area contributed by atoms with Crippen molar-refractivity contribution in [3.63, 3.8) is 0 Å². The second-order valence-electron chi connectivity index (χ2n) is 4.93. The zero-order valence-corrected chi connectivity index (χ0v) is 11.3. The number of hydrogen-bond donors (Lipinski definition) is 0. The predicted molar refractivity (Wildman–Crippen MR) is 66.3 cm³/mol. The van der Waals surface area contributed by atoms with Crippen LogP contribution in [0.25, 0.3) is 0 Å². The highest BCUT2D eigenvalue weighted by Crippen LogP contribution is 2.24. The molecule has 0 aromatic rings. The van der Waals surface area contributed by atoms with E-state index in [2.05, 4.69) is 36.4 Å². The van der Waals surface area contributed by atoms with Gasteiger partial charge in [-0.15, -0.1) is 0 Å². The van der Waals surface area contributed by atoms with Crippen LogP contribution in [-0.2, 0) is 0 Å². The Hall–Kier alpha value is 0.137. The molecule has 1 aliphatic rings. The molecular weight excluding hydrogens is 188 g/mol. The quantitative estimate of drug-likeness (QED) is 0.648. The highest BCUT2D eigenvalue weighted by Gasteiger charge is 2.33. The average Bonchev–Trinajstić information content (AvgIpc) is 2.47. The van der Waals surface area contributed by atoms with Crippen LogP contribution in [0.3, 0.4) is 0 Å². The maximum Gasteiger partial charge on any atom is 0.122 e. The van der Waals surface area contributed by atoms with E-state index in [1.54, 1.807) is 0 Å². The fourth-order valence-electron chi connectivity index (χ4n) is 2.38. The highest BCUT2D eigenvalue weighted by atomic mass is 28.3. The Labute approximate surface area is 90.4 Å². The zero-order chi connectivity index (χ0) is 10.6. The first-order valence-electron chi connectivity index (χ1n) is 6.07. The third-order valence-electron chi connectivity index (χ3n) is 3.65. The maximum absolute atomic E-state index is 2.78. The molecule has 0 saturated carbocycles. The Balaban J connectivity index is 2.30. The Bertz CT molecular complexity index is 167. The maximum atomic E-state index is 2.78. The van der Waals surface area contributed by atoms with Gasteiger partial charge in [0.05, 0.1) is 0 Å². The number of nitrogens with zero attached hydrogens (tertiary/aromatic N) is 2. The van der Waals surface area contributed by atoms with Crippen molar-refractivity contribution in [2.75, 3.05) is 32.7 Å². The third-order valence-corrected chi connectivity index (χ3v) is 7.39. The fraction of sp³-hybridized carbons (Fsp3) is 1.00. The second kappa shape index (κ2) is 5.28. The molecule has 0 aromatic carbocycles. The second-order valence-corrected chi connectivity index (χ2v) is 9.69. The molecule has 2 nitrogen and oxygen atoms in total. The van der Waals surface area contributed by atoms with Crippen LogP contribution in [0.4, 0.5) is 0 Å². The minimum atomic E-state index is -0.955. The molecule has 0 N–H and O–H groups in total. The molecule has 0 radical (unpaired) electrons. The zero-order valence-electron chi connectivity index (χ0n) is 10.3. The van der Waals surface area contributed by atoms with Gasteiger partial charge in [0.2, 0.25) is 0 Å². The lowest BCUT2D eigenvalue weighted by atomic mass is 10.4. The summed E-state index contributed by atoms with van der Waals surface area (Å²) in [6.07, 6.45) is 1.44. The van der Waals surface area contributed by atoms with Crippen LogP contribution in [0.1, 0.15) is 20.3 Å². The van der Waals surface area contributed by atoms with Crippen LogP contribution in [0.5, 0.6) is 0 Å². The van der Waals surface area contributed by atoms with Crippen LogP contribution in [0.2, 0.25) is 19.1 Å². The Morgan fingerprint density at radius 1 is 1.21 bits per heavy atom. The molecule has 84 valence electrons. The van der Waals surface area contributed by atoms with E-state index in [1.165, 1.54) is 45.2 Å². The largest absolute Gasteiger partial charge is 0.322 e. The lowest BCUT2D eigenvalue weighted by Gasteiger charge is -2.31. The van der Waals surface area contributed by atoms with Gasteiger partial charge < -0.3 is 9.47 Å². The smallest absolute Gasteiger partial charge is 0.122 e. The van der Waals surface area contributed by atoms with Crippen LogP contribution in [-0.4, -0.2) is 50.4 Å². The highest BCUT2D eigenvalue weighted by molar-refractivity contribution is 6.75. The summed E-state index contributed by atoms with van der Waals surface area (Å²) in [7, 11) is -0.955.